The average molecular weight is 323 g/mol. The van der Waals surface area contributed by atoms with Crippen LogP contribution in [0.25, 0.3) is 0 Å². The summed E-state index contributed by atoms with van der Waals surface area (Å²) in [5.74, 6) is 0.959. The first-order chi connectivity index (χ1) is 8.83. The molecule has 0 spiro atoms. The van der Waals surface area contributed by atoms with Crippen molar-refractivity contribution in [2.24, 2.45) is 0 Å². The zero-order valence-corrected chi connectivity index (χ0v) is 13.7. The summed E-state index contributed by atoms with van der Waals surface area (Å²) in [6.07, 6.45) is 2.50. The topological polar surface area (TPSA) is 34.1 Å². The lowest BCUT2D eigenvalue weighted by molar-refractivity contribution is 0.483. The minimum atomic E-state index is -2.94. The average Bonchev–Trinajstić information content (AvgIpc) is 2.35. The lowest BCUT2D eigenvalue weighted by atomic mass is 9.80. The first kappa shape index (κ1) is 16.8. The lowest BCUT2D eigenvalue weighted by Gasteiger charge is -2.30. The summed E-state index contributed by atoms with van der Waals surface area (Å²) >= 11 is 12.2. The van der Waals surface area contributed by atoms with Gasteiger partial charge in [0.2, 0.25) is 0 Å². The molecule has 2 nitrogen and oxygen atoms in total. The van der Waals surface area contributed by atoms with Gasteiger partial charge in [-0.2, -0.15) is 0 Å². The second-order valence-electron chi connectivity index (χ2n) is 5.15. The molecule has 0 bridgehead atoms. The Labute approximate surface area is 126 Å². The molecule has 0 radical (unpaired) electrons. The molecule has 1 rings (SSSR count). The van der Waals surface area contributed by atoms with Crippen LogP contribution < -0.4 is 0 Å². The van der Waals surface area contributed by atoms with E-state index < -0.39 is 9.84 Å². The Bertz CT molecular complexity index is 491. The van der Waals surface area contributed by atoms with Crippen molar-refractivity contribution in [1.82, 2.24) is 0 Å². The van der Waals surface area contributed by atoms with E-state index in [0.29, 0.717) is 24.6 Å². The highest BCUT2D eigenvalue weighted by Gasteiger charge is 2.30. The minimum Gasteiger partial charge on any atom is -0.229 e. The number of aryl methyl sites for hydroxylation is 1. The van der Waals surface area contributed by atoms with E-state index in [1.807, 2.05) is 31.2 Å². The molecule has 0 saturated carbocycles. The molecule has 19 heavy (non-hydrogen) atoms. The highest BCUT2D eigenvalue weighted by Crippen LogP contribution is 2.32. The van der Waals surface area contributed by atoms with Gasteiger partial charge >= 0.3 is 0 Å². The molecule has 5 heteroatoms. The summed E-state index contributed by atoms with van der Waals surface area (Å²) in [7, 11) is -2.94. The predicted octanol–water partition coefficient (Wildman–Crippen LogP) is 3.54. The smallest absolute Gasteiger partial charge is 0.147 e. The minimum absolute atomic E-state index is 0.175. The van der Waals surface area contributed by atoms with Crippen LogP contribution in [-0.2, 0) is 15.3 Å². The molecule has 0 aliphatic carbocycles. The number of alkyl halides is 2. The molecule has 1 aromatic carbocycles. The standard InChI is InChI=1S/C14H20Cl2O2S/c1-12-4-6-13(7-5-12)14(10-15,11-16)8-3-9-19(2,17)18/h4-7H,3,8-11H2,1-2H3. The molecule has 0 unspecified atom stereocenters. The SMILES string of the molecule is Cc1ccc(C(CCl)(CCl)CCCS(C)(=O)=O)cc1. The zero-order valence-electron chi connectivity index (χ0n) is 11.3. The number of hydrogen-bond acceptors (Lipinski definition) is 2. The summed E-state index contributed by atoms with van der Waals surface area (Å²) in [6, 6.07) is 8.11. The molecule has 0 saturated heterocycles. The van der Waals surface area contributed by atoms with Gasteiger partial charge < -0.3 is 0 Å². The van der Waals surface area contributed by atoms with Crippen LogP contribution in [-0.4, -0.2) is 32.2 Å². The lowest BCUT2D eigenvalue weighted by Crippen LogP contribution is -2.31. The Morgan fingerprint density at radius 3 is 2.05 bits per heavy atom. The molecule has 0 aromatic heterocycles. The van der Waals surface area contributed by atoms with Crippen LogP contribution in [0.4, 0.5) is 0 Å². The molecule has 0 amide bonds. The Morgan fingerprint density at radius 1 is 1.11 bits per heavy atom. The maximum absolute atomic E-state index is 11.2. The van der Waals surface area contributed by atoms with Crippen molar-refractivity contribution in [3.8, 4) is 0 Å². The largest absolute Gasteiger partial charge is 0.229 e. The van der Waals surface area contributed by atoms with Crippen molar-refractivity contribution in [2.45, 2.75) is 25.2 Å². The van der Waals surface area contributed by atoms with Crippen molar-refractivity contribution in [1.29, 1.82) is 0 Å². The van der Waals surface area contributed by atoms with Crippen molar-refractivity contribution in [2.75, 3.05) is 23.8 Å². The van der Waals surface area contributed by atoms with Gasteiger partial charge in [-0.3, -0.25) is 0 Å². The highest BCUT2D eigenvalue weighted by atomic mass is 35.5. The Morgan fingerprint density at radius 2 is 1.63 bits per heavy atom. The van der Waals surface area contributed by atoms with Crippen LogP contribution in [0.1, 0.15) is 24.0 Å². The van der Waals surface area contributed by atoms with E-state index in [1.165, 1.54) is 11.8 Å². The third kappa shape index (κ3) is 4.97. The van der Waals surface area contributed by atoms with Crippen LogP contribution in [0.5, 0.6) is 0 Å². The molecule has 0 heterocycles. The fourth-order valence-corrected chi connectivity index (χ4v) is 3.58. The summed E-state index contributed by atoms with van der Waals surface area (Å²) in [6.45, 7) is 2.02. The van der Waals surface area contributed by atoms with Gasteiger partial charge in [0.1, 0.15) is 9.84 Å². The second-order valence-corrected chi connectivity index (χ2v) is 7.94. The van der Waals surface area contributed by atoms with Gasteiger partial charge in [-0.05, 0) is 25.3 Å². The van der Waals surface area contributed by atoms with Crippen LogP contribution in [0.2, 0.25) is 0 Å². The maximum Gasteiger partial charge on any atom is 0.147 e. The first-order valence-electron chi connectivity index (χ1n) is 6.20. The van der Waals surface area contributed by atoms with Crippen molar-refractivity contribution in [3.05, 3.63) is 35.4 Å². The molecular formula is C14H20Cl2O2S. The molecule has 108 valence electrons. The Kier molecular flexibility index (Phi) is 6.15. The van der Waals surface area contributed by atoms with E-state index in [1.54, 1.807) is 0 Å². The molecule has 0 N–H and O–H groups in total. The van der Waals surface area contributed by atoms with E-state index in [-0.39, 0.29) is 11.2 Å². The fraction of sp³-hybridized carbons (Fsp3) is 0.571. The van der Waals surface area contributed by atoms with Crippen LogP contribution in [0.15, 0.2) is 24.3 Å². The van der Waals surface area contributed by atoms with Gasteiger partial charge in [-0.15, -0.1) is 23.2 Å². The summed E-state index contributed by atoms with van der Waals surface area (Å²) in [4.78, 5) is 0. The van der Waals surface area contributed by atoms with Gasteiger partial charge in [0.15, 0.2) is 0 Å². The summed E-state index contributed by atoms with van der Waals surface area (Å²) in [5.41, 5.74) is 1.91. The Balaban J connectivity index is 2.87. The number of benzene rings is 1. The van der Waals surface area contributed by atoms with Crippen LogP contribution in [0.3, 0.4) is 0 Å². The highest BCUT2D eigenvalue weighted by molar-refractivity contribution is 7.90. The molecule has 0 atom stereocenters. The predicted molar refractivity (Wildman–Crippen MR) is 83.2 cm³/mol. The summed E-state index contributed by atoms with van der Waals surface area (Å²) < 4.78 is 22.4. The van der Waals surface area contributed by atoms with Crippen molar-refractivity contribution < 1.29 is 8.42 Å². The maximum atomic E-state index is 11.2. The van der Waals surface area contributed by atoms with Gasteiger partial charge in [-0.25, -0.2) is 8.42 Å². The van der Waals surface area contributed by atoms with Crippen LogP contribution in [0, 0.1) is 6.92 Å². The van der Waals surface area contributed by atoms with E-state index in [4.69, 9.17) is 23.2 Å². The number of rotatable bonds is 7. The van der Waals surface area contributed by atoms with E-state index in [9.17, 15) is 8.42 Å². The normalized spacial score (nSPS) is 12.6. The van der Waals surface area contributed by atoms with E-state index in [0.717, 1.165) is 5.56 Å². The van der Waals surface area contributed by atoms with E-state index in [2.05, 4.69) is 0 Å². The number of sulfone groups is 1. The fourth-order valence-electron chi connectivity index (χ4n) is 2.05. The van der Waals surface area contributed by atoms with Gasteiger partial charge in [0.25, 0.3) is 0 Å². The van der Waals surface area contributed by atoms with Gasteiger partial charge in [0, 0.05) is 29.2 Å². The monoisotopic (exact) mass is 322 g/mol. The third-order valence-electron chi connectivity index (χ3n) is 3.35. The molecule has 0 fully saturated rings. The van der Waals surface area contributed by atoms with Crippen molar-refractivity contribution >= 4 is 33.0 Å². The quantitative estimate of drug-likeness (QED) is 0.719. The van der Waals surface area contributed by atoms with Crippen molar-refractivity contribution in [3.63, 3.8) is 0 Å². The van der Waals surface area contributed by atoms with Gasteiger partial charge in [-0.1, -0.05) is 29.8 Å². The molecular weight excluding hydrogens is 303 g/mol. The first-order valence-corrected chi connectivity index (χ1v) is 9.33. The third-order valence-corrected chi connectivity index (χ3v) is 5.40. The number of hydrogen-bond donors (Lipinski definition) is 0. The number of halogens is 2. The second kappa shape index (κ2) is 6.96. The van der Waals surface area contributed by atoms with E-state index >= 15 is 0 Å². The summed E-state index contributed by atoms with van der Waals surface area (Å²) in [5, 5.41) is 0. The molecule has 0 aliphatic rings. The molecule has 0 aliphatic heterocycles. The van der Waals surface area contributed by atoms with Gasteiger partial charge in [0.05, 0.1) is 0 Å². The zero-order chi connectivity index (χ0) is 14.5. The Hall–Kier alpha value is -0.250. The molecule has 1 aromatic rings. The van der Waals surface area contributed by atoms with Crippen LogP contribution >= 0.6 is 23.2 Å².